The van der Waals surface area contributed by atoms with Gasteiger partial charge in [-0.3, -0.25) is 9.69 Å². The van der Waals surface area contributed by atoms with E-state index in [1.165, 1.54) is 0 Å². The first-order valence-electron chi connectivity index (χ1n) is 7.80. The average Bonchev–Trinajstić information content (AvgIpc) is 2.57. The summed E-state index contributed by atoms with van der Waals surface area (Å²) in [6.07, 6.45) is 0. The number of rotatable bonds is 6. The molecule has 0 unspecified atom stereocenters. The number of aliphatic carboxylic acids is 1. The molecule has 0 aromatic heterocycles. The molecule has 1 fully saturated rings. The van der Waals surface area contributed by atoms with E-state index in [4.69, 9.17) is 15.1 Å². The summed E-state index contributed by atoms with van der Waals surface area (Å²) >= 11 is 0. The van der Waals surface area contributed by atoms with E-state index in [1.807, 2.05) is 36.4 Å². The minimum Gasteiger partial charge on any atom is -0.489 e. The second-order valence-corrected chi connectivity index (χ2v) is 5.97. The lowest BCUT2D eigenvalue weighted by molar-refractivity contribution is -0.147. The Balaban J connectivity index is 1.48. The zero-order chi connectivity index (χ0) is 16.9. The normalized spacial score (nSPS) is 14.6. The molecule has 0 amide bonds. The second-order valence-electron chi connectivity index (χ2n) is 5.97. The van der Waals surface area contributed by atoms with E-state index in [2.05, 4.69) is 11.0 Å². The van der Waals surface area contributed by atoms with Crippen molar-refractivity contribution in [3.63, 3.8) is 0 Å². The van der Waals surface area contributed by atoms with Crippen LogP contribution in [0.25, 0.3) is 0 Å². The number of hydrogen-bond donors (Lipinski definition) is 1. The van der Waals surface area contributed by atoms with E-state index in [9.17, 15) is 4.79 Å². The van der Waals surface area contributed by atoms with Crippen LogP contribution in [0.2, 0.25) is 0 Å². The number of carboxylic acid groups (broad SMARTS) is 1. The Kier molecular flexibility index (Phi) is 4.78. The van der Waals surface area contributed by atoms with Crippen LogP contribution in [0.15, 0.2) is 48.5 Å². The van der Waals surface area contributed by atoms with Gasteiger partial charge in [-0.1, -0.05) is 24.3 Å². The summed E-state index contributed by atoms with van der Waals surface area (Å²) in [5.74, 6) is -0.145. The van der Waals surface area contributed by atoms with Crippen molar-refractivity contribution in [2.45, 2.75) is 13.2 Å². The number of nitrogens with zero attached hydrogens (tertiary/aromatic N) is 2. The fraction of sp³-hybridized carbons (Fsp3) is 0.263. The van der Waals surface area contributed by atoms with Crippen molar-refractivity contribution in [1.29, 1.82) is 5.26 Å². The van der Waals surface area contributed by atoms with Crippen LogP contribution in [0.4, 0.5) is 0 Å². The molecule has 0 saturated carbocycles. The molecule has 122 valence electrons. The lowest BCUT2D eigenvalue weighted by Crippen LogP contribution is -2.49. The molecule has 1 N–H and O–H groups in total. The zero-order valence-corrected chi connectivity index (χ0v) is 13.2. The molecule has 0 radical (unpaired) electrons. The van der Waals surface area contributed by atoms with Crippen LogP contribution in [0.5, 0.6) is 5.75 Å². The zero-order valence-electron chi connectivity index (χ0n) is 13.2. The van der Waals surface area contributed by atoms with Gasteiger partial charge in [0, 0.05) is 19.6 Å². The van der Waals surface area contributed by atoms with Crippen LogP contribution in [-0.2, 0) is 17.9 Å². The number of ether oxygens (including phenoxy) is 1. The highest BCUT2D eigenvalue weighted by Crippen LogP contribution is 2.20. The number of hydrogen-bond acceptors (Lipinski definition) is 4. The predicted octanol–water partition coefficient (Wildman–Crippen LogP) is 2.65. The molecule has 2 aromatic rings. The molecule has 24 heavy (non-hydrogen) atoms. The molecule has 0 bridgehead atoms. The van der Waals surface area contributed by atoms with E-state index >= 15 is 0 Å². The minimum absolute atomic E-state index is 0.222. The Bertz CT molecular complexity index is 742. The molecular weight excluding hydrogens is 304 g/mol. The predicted molar refractivity (Wildman–Crippen MR) is 88.3 cm³/mol. The molecule has 0 aliphatic carbocycles. The summed E-state index contributed by atoms with van der Waals surface area (Å²) in [7, 11) is 0. The molecule has 2 aromatic carbocycles. The summed E-state index contributed by atoms with van der Waals surface area (Å²) in [6, 6.07) is 17.3. The van der Waals surface area contributed by atoms with Crippen molar-refractivity contribution in [2.75, 3.05) is 13.1 Å². The van der Waals surface area contributed by atoms with Crippen LogP contribution >= 0.6 is 0 Å². The van der Waals surface area contributed by atoms with Gasteiger partial charge in [0.05, 0.1) is 17.6 Å². The topological polar surface area (TPSA) is 73.6 Å². The van der Waals surface area contributed by atoms with Crippen LogP contribution in [0, 0.1) is 17.2 Å². The average molecular weight is 322 g/mol. The molecule has 3 rings (SSSR count). The van der Waals surface area contributed by atoms with Crippen LogP contribution in [0.3, 0.4) is 0 Å². The Hall–Kier alpha value is -2.84. The molecule has 1 heterocycles. The van der Waals surface area contributed by atoms with E-state index in [0.29, 0.717) is 25.3 Å². The summed E-state index contributed by atoms with van der Waals surface area (Å²) in [5, 5.41) is 17.7. The smallest absolute Gasteiger partial charge is 0.309 e. The number of nitriles is 1. The summed E-state index contributed by atoms with van der Waals surface area (Å²) in [4.78, 5) is 12.9. The van der Waals surface area contributed by atoms with Crippen LogP contribution in [0.1, 0.15) is 16.7 Å². The van der Waals surface area contributed by atoms with Gasteiger partial charge >= 0.3 is 5.97 Å². The Morgan fingerprint density at radius 1 is 1.12 bits per heavy atom. The van der Waals surface area contributed by atoms with Gasteiger partial charge in [-0.15, -0.1) is 0 Å². The van der Waals surface area contributed by atoms with E-state index in [1.54, 1.807) is 12.1 Å². The first kappa shape index (κ1) is 16.0. The fourth-order valence-corrected chi connectivity index (χ4v) is 2.65. The van der Waals surface area contributed by atoms with Crippen molar-refractivity contribution in [1.82, 2.24) is 4.90 Å². The van der Waals surface area contributed by atoms with Crippen molar-refractivity contribution in [2.24, 2.45) is 5.92 Å². The highest BCUT2D eigenvalue weighted by molar-refractivity contribution is 5.71. The maximum absolute atomic E-state index is 10.8. The maximum Gasteiger partial charge on any atom is 0.309 e. The lowest BCUT2D eigenvalue weighted by Gasteiger charge is -2.36. The van der Waals surface area contributed by atoms with E-state index in [0.717, 1.165) is 23.4 Å². The summed E-state index contributed by atoms with van der Waals surface area (Å²) in [6.45, 7) is 2.45. The monoisotopic (exact) mass is 322 g/mol. The van der Waals surface area contributed by atoms with Gasteiger partial charge in [0.25, 0.3) is 0 Å². The van der Waals surface area contributed by atoms with Gasteiger partial charge < -0.3 is 9.84 Å². The molecule has 1 aliphatic heterocycles. The van der Waals surface area contributed by atoms with Crippen LogP contribution < -0.4 is 4.74 Å². The van der Waals surface area contributed by atoms with Crippen LogP contribution in [-0.4, -0.2) is 29.1 Å². The summed E-state index contributed by atoms with van der Waals surface area (Å²) < 4.78 is 5.74. The molecule has 1 saturated heterocycles. The van der Waals surface area contributed by atoms with Gasteiger partial charge in [0.1, 0.15) is 12.4 Å². The standard InChI is InChI=1S/C19H18N2O3/c20-9-14-1-3-16(4-2-14)13-24-18-7-5-15(6-8-18)10-21-11-17(12-21)19(22)23/h1-8,17H,10-13H2,(H,22,23). The van der Waals surface area contributed by atoms with Crippen molar-refractivity contribution in [3.8, 4) is 11.8 Å². The third-order valence-electron chi connectivity index (χ3n) is 4.12. The van der Waals surface area contributed by atoms with Gasteiger partial charge in [-0.05, 0) is 35.4 Å². The molecule has 0 atom stereocenters. The van der Waals surface area contributed by atoms with E-state index in [-0.39, 0.29) is 5.92 Å². The van der Waals surface area contributed by atoms with Crippen molar-refractivity contribution < 1.29 is 14.6 Å². The first-order valence-corrected chi connectivity index (χ1v) is 7.80. The molecule has 5 nitrogen and oxygen atoms in total. The van der Waals surface area contributed by atoms with Gasteiger partial charge in [0.2, 0.25) is 0 Å². The molecule has 5 heteroatoms. The maximum atomic E-state index is 10.8. The van der Waals surface area contributed by atoms with Gasteiger partial charge in [-0.25, -0.2) is 0 Å². The number of carbonyl (C=O) groups is 1. The third-order valence-corrected chi connectivity index (χ3v) is 4.12. The van der Waals surface area contributed by atoms with Gasteiger partial charge in [0.15, 0.2) is 0 Å². The minimum atomic E-state index is -0.710. The first-order chi connectivity index (χ1) is 11.6. The second kappa shape index (κ2) is 7.16. The highest BCUT2D eigenvalue weighted by atomic mass is 16.5. The number of benzene rings is 2. The summed E-state index contributed by atoms with van der Waals surface area (Å²) in [5.41, 5.74) is 2.79. The molecular formula is C19H18N2O3. The Labute approximate surface area is 140 Å². The molecule has 1 aliphatic rings. The third kappa shape index (κ3) is 3.92. The Morgan fingerprint density at radius 3 is 2.33 bits per heavy atom. The van der Waals surface area contributed by atoms with Crippen molar-refractivity contribution >= 4 is 5.97 Å². The van der Waals surface area contributed by atoms with Crippen molar-refractivity contribution in [3.05, 3.63) is 65.2 Å². The quantitative estimate of drug-likeness (QED) is 0.885. The lowest BCUT2D eigenvalue weighted by atomic mass is 10.00. The Morgan fingerprint density at radius 2 is 1.75 bits per heavy atom. The molecule has 0 spiro atoms. The van der Waals surface area contributed by atoms with E-state index < -0.39 is 5.97 Å². The number of carboxylic acids is 1. The highest BCUT2D eigenvalue weighted by Gasteiger charge is 2.31. The van der Waals surface area contributed by atoms with Gasteiger partial charge in [-0.2, -0.15) is 5.26 Å². The fourth-order valence-electron chi connectivity index (χ4n) is 2.65. The number of likely N-dealkylation sites (tertiary alicyclic amines) is 1. The largest absolute Gasteiger partial charge is 0.489 e. The SMILES string of the molecule is N#Cc1ccc(COc2ccc(CN3CC(C(=O)O)C3)cc2)cc1.